The van der Waals surface area contributed by atoms with Gasteiger partial charge in [0.15, 0.2) is 0 Å². The summed E-state index contributed by atoms with van der Waals surface area (Å²) in [5.74, 6) is 0. The van der Waals surface area contributed by atoms with Crippen LogP contribution in [-0.2, 0) is 11.8 Å². The van der Waals surface area contributed by atoms with Crippen molar-refractivity contribution in [3.05, 3.63) is 70.2 Å². The summed E-state index contributed by atoms with van der Waals surface area (Å²) in [4.78, 5) is 12.0. The van der Waals surface area contributed by atoms with Gasteiger partial charge in [-0.1, -0.05) is 53.6 Å². The lowest BCUT2D eigenvalue weighted by Crippen LogP contribution is -2.40. The minimum Gasteiger partial charge on any atom is -0.338 e. The highest BCUT2D eigenvalue weighted by molar-refractivity contribution is 6.30. The smallest absolute Gasteiger partial charge is 0.314 e. The molecule has 1 aliphatic rings. The van der Waals surface area contributed by atoms with Gasteiger partial charge in [0, 0.05) is 23.5 Å². The van der Waals surface area contributed by atoms with Gasteiger partial charge in [-0.2, -0.15) is 0 Å². The standard InChI is InChI=1S/C20H23ClN2O/c1-15-5-7-17(8-6-15)20(10-11-20)14-23-19(24)22-12-9-16-3-2-4-18(21)13-16/h2-8,13H,9-12,14H2,1H3,(H2,22,23,24). The van der Waals surface area contributed by atoms with E-state index in [9.17, 15) is 4.79 Å². The van der Waals surface area contributed by atoms with E-state index in [1.165, 1.54) is 11.1 Å². The summed E-state index contributed by atoms with van der Waals surface area (Å²) in [5, 5.41) is 6.67. The molecule has 0 saturated heterocycles. The molecule has 4 heteroatoms. The molecular formula is C20H23ClN2O. The third-order valence-corrected chi connectivity index (χ3v) is 4.93. The Morgan fingerprint density at radius 3 is 2.54 bits per heavy atom. The van der Waals surface area contributed by atoms with Crippen LogP contribution in [-0.4, -0.2) is 19.1 Å². The summed E-state index contributed by atoms with van der Waals surface area (Å²) < 4.78 is 0. The van der Waals surface area contributed by atoms with Crippen LogP contribution in [0.5, 0.6) is 0 Å². The van der Waals surface area contributed by atoms with Gasteiger partial charge in [-0.05, 0) is 49.4 Å². The summed E-state index contributed by atoms with van der Waals surface area (Å²) >= 11 is 5.96. The van der Waals surface area contributed by atoms with E-state index in [2.05, 4.69) is 41.8 Å². The van der Waals surface area contributed by atoms with Crippen molar-refractivity contribution >= 4 is 17.6 Å². The van der Waals surface area contributed by atoms with Crippen molar-refractivity contribution in [2.24, 2.45) is 0 Å². The maximum atomic E-state index is 12.0. The highest BCUT2D eigenvalue weighted by atomic mass is 35.5. The molecule has 0 aliphatic heterocycles. The first-order chi connectivity index (χ1) is 11.6. The van der Waals surface area contributed by atoms with Gasteiger partial charge in [-0.15, -0.1) is 0 Å². The average molecular weight is 343 g/mol. The normalized spacial score (nSPS) is 14.9. The molecule has 2 aromatic rings. The molecule has 1 saturated carbocycles. The van der Waals surface area contributed by atoms with Gasteiger partial charge in [0.2, 0.25) is 0 Å². The molecule has 2 aromatic carbocycles. The Balaban J connectivity index is 1.43. The first kappa shape index (κ1) is 16.8. The Kier molecular flexibility index (Phi) is 5.10. The zero-order chi connectivity index (χ0) is 17.0. The molecule has 2 N–H and O–H groups in total. The lowest BCUT2D eigenvalue weighted by molar-refractivity contribution is 0.240. The van der Waals surface area contributed by atoms with Crippen LogP contribution in [0.3, 0.4) is 0 Å². The molecule has 3 nitrogen and oxygen atoms in total. The Labute approximate surface area is 148 Å². The van der Waals surface area contributed by atoms with Gasteiger partial charge in [0.25, 0.3) is 0 Å². The second-order valence-corrected chi connectivity index (χ2v) is 7.07. The minimum atomic E-state index is -0.101. The molecule has 0 radical (unpaired) electrons. The van der Waals surface area contributed by atoms with Crippen LogP contribution in [0.15, 0.2) is 48.5 Å². The zero-order valence-electron chi connectivity index (χ0n) is 13.9. The number of benzene rings is 2. The van der Waals surface area contributed by atoms with Crippen molar-refractivity contribution in [2.45, 2.75) is 31.6 Å². The molecule has 1 aliphatic carbocycles. The van der Waals surface area contributed by atoms with Gasteiger partial charge in [-0.3, -0.25) is 0 Å². The van der Waals surface area contributed by atoms with E-state index in [4.69, 9.17) is 11.6 Å². The van der Waals surface area contributed by atoms with Gasteiger partial charge < -0.3 is 10.6 Å². The van der Waals surface area contributed by atoms with Crippen LogP contribution in [0.25, 0.3) is 0 Å². The first-order valence-corrected chi connectivity index (χ1v) is 8.79. The van der Waals surface area contributed by atoms with Gasteiger partial charge >= 0.3 is 6.03 Å². The number of carbonyl (C=O) groups is 1. The molecular weight excluding hydrogens is 320 g/mol. The number of amides is 2. The van der Waals surface area contributed by atoms with E-state index in [1.807, 2.05) is 24.3 Å². The molecule has 0 atom stereocenters. The third-order valence-electron chi connectivity index (χ3n) is 4.69. The molecule has 0 heterocycles. The van der Waals surface area contributed by atoms with E-state index < -0.39 is 0 Å². The monoisotopic (exact) mass is 342 g/mol. The number of carbonyl (C=O) groups excluding carboxylic acids is 1. The van der Waals surface area contributed by atoms with Crippen molar-refractivity contribution in [3.8, 4) is 0 Å². The summed E-state index contributed by atoms with van der Waals surface area (Å²) in [7, 11) is 0. The Morgan fingerprint density at radius 2 is 1.88 bits per heavy atom. The number of hydrogen-bond acceptors (Lipinski definition) is 1. The molecule has 24 heavy (non-hydrogen) atoms. The number of aryl methyl sites for hydroxylation is 1. The minimum absolute atomic E-state index is 0.101. The molecule has 0 unspecified atom stereocenters. The number of hydrogen-bond donors (Lipinski definition) is 2. The predicted molar refractivity (Wildman–Crippen MR) is 98.6 cm³/mol. The predicted octanol–water partition coefficient (Wildman–Crippen LogP) is 4.22. The average Bonchev–Trinajstić information content (AvgIpc) is 3.35. The summed E-state index contributed by atoms with van der Waals surface area (Å²) in [6.07, 6.45) is 3.05. The van der Waals surface area contributed by atoms with Gasteiger partial charge in [-0.25, -0.2) is 4.79 Å². The highest BCUT2D eigenvalue weighted by Gasteiger charge is 2.44. The number of rotatable bonds is 6. The second kappa shape index (κ2) is 7.27. The van der Waals surface area contributed by atoms with Crippen molar-refractivity contribution in [3.63, 3.8) is 0 Å². The van der Waals surface area contributed by atoms with E-state index in [0.29, 0.717) is 13.1 Å². The van der Waals surface area contributed by atoms with E-state index in [1.54, 1.807) is 0 Å². The maximum Gasteiger partial charge on any atom is 0.314 e. The fourth-order valence-corrected chi connectivity index (χ4v) is 3.16. The second-order valence-electron chi connectivity index (χ2n) is 6.64. The van der Waals surface area contributed by atoms with Crippen LogP contribution in [0, 0.1) is 6.92 Å². The molecule has 1 fully saturated rings. The van der Waals surface area contributed by atoms with Crippen molar-refractivity contribution in [2.75, 3.05) is 13.1 Å². The molecule has 0 spiro atoms. The van der Waals surface area contributed by atoms with Crippen molar-refractivity contribution in [1.82, 2.24) is 10.6 Å². The molecule has 0 aromatic heterocycles. The zero-order valence-corrected chi connectivity index (χ0v) is 14.7. The number of halogens is 1. The Hall–Kier alpha value is -2.00. The topological polar surface area (TPSA) is 41.1 Å². The fraction of sp³-hybridized carbons (Fsp3) is 0.350. The van der Waals surface area contributed by atoms with Crippen LogP contribution < -0.4 is 10.6 Å². The summed E-state index contributed by atoms with van der Waals surface area (Å²) in [6, 6.07) is 16.3. The molecule has 0 bridgehead atoms. The quantitative estimate of drug-likeness (QED) is 0.810. The lowest BCUT2D eigenvalue weighted by atomic mass is 9.95. The summed E-state index contributed by atoms with van der Waals surface area (Å²) in [6.45, 7) is 3.39. The van der Waals surface area contributed by atoms with Crippen LogP contribution in [0.2, 0.25) is 5.02 Å². The number of urea groups is 1. The number of nitrogens with one attached hydrogen (secondary N) is 2. The lowest BCUT2D eigenvalue weighted by Gasteiger charge is -2.17. The summed E-state index contributed by atoms with van der Waals surface area (Å²) in [5.41, 5.74) is 3.85. The largest absolute Gasteiger partial charge is 0.338 e. The molecule has 2 amide bonds. The van der Waals surface area contributed by atoms with Gasteiger partial charge in [0.05, 0.1) is 0 Å². The van der Waals surface area contributed by atoms with E-state index in [-0.39, 0.29) is 11.4 Å². The van der Waals surface area contributed by atoms with Crippen LogP contribution in [0.4, 0.5) is 4.79 Å². The fourth-order valence-electron chi connectivity index (χ4n) is 2.95. The third kappa shape index (κ3) is 4.30. The maximum absolute atomic E-state index is 12.0. The molecule has 126 valence electrons. The van der Waals surface area contributed by atoms with Crippen LogP contribution >= 0.6 is 11.6 Å². The van der Waals surface area contributed by atoms with Gasteiger partial charge in [0.1, 0.15) is 0 Å². The first-order valence-electron chi connectivity index (χ1n) is 8.41. The Bertz CT molecular complexity index is 708. The van der Waals surface area contributed by atoms with E-state index >= 15 is 0 Å². The molecule has 3 rings (SSSR count). The SMILES string of the molecule is Cc1ccc(C2(CNC(=O)NCCc3cccc(Cl)c3)CC2)cc1. The Morgan fingerprint density at radius 1 is 1.12 bits per heavy atom. The highest BCUT2D eigenvalue weighted by Crippen LogP contribution is 2.47. The van der Waals surface area contributed by atoms with Crippen LogP contribution in [0.1, 0.15) is 29.5 Å². The van der Waals surface area contributed by atoms with Crippen molar-refractivity contribution < 1.29 is 4.79 Å². The van der Waals surface area contributed by atoms with Crippen molar-refractivity contribution in [1.29, 1.82) is 0 Å². The van der Waals surface area contributed by atoms with E-state index in [0.717, 1.165) is 29.8 Å².